The fourth-order valence-electron chi connectivity index (χ4n) is 2.38. The second kappa shape index (κ2) is 8.82. The predicted octanol–water partition coefficient (Wildman–Crippen LogP) is 2.44. The summed E-state index contributed by atoms with van der Waals surface area (Å²) in [6, 6.07) is 11.6. The van der Waals surface area contributed by atoms with Crippen LogP contribution in [-0.2, 0) is 10.0 Å². The van der Waals surface area contributed by atoms with E-state index in [0.29, 0.717) is 24.3 Å². The SMILES string of the molecule is CCNCCNC(=O)c1cc(S(=O)(=O)Nc2ccc(C)cc2)ccc1C. The van der Waals surface area contributed by atoms with E-state index in [2.05, 4.69) is 15.4 Å². The second-order valence-electron chi connectivity index (χ2n) is 6.06. The van der Waals surface area contributed by atoms with Gasteiger partial charge in [-0.2, -0.15) is 0 Å². The number of hydrogen-bond donors (Lipinski definition) is 3. The minimum absolute atomic E-state index is 0.0560. The van der Waals surface area contributed by atoms with Gasteiger partial charge in [0.1, 0.15) is 0 Å². The summed E-state index contributed by atoms with van der Waals surface area (Å²) in [6.45, 7) is 7.66. The Morgan fingerprint density at radius 3 is 2.35 bits per heavy atom. The van der Waals surface area contributed by atoms with Crippen molar-refractivity contribution in [2.24, 2.45) is 0 Å². The lowest BCUT2D eigenvalue weighted by atomic mass is 10.1. The first-order valence-corrected chi connectivity index (χ1v) is 10.0. The van der Waals surface area contributed by atoms with E-state index in [-0.39, 0.29) is 10.8 Å². The Balaban J connectivity index is 2.18. The highest BCUT2D eigenvalue weighted by Crippen LogP contribution is 2.19. The maximum absolute atomic E-state index is 12.6. The van der Waals surface area contributed by atoms with Gasteiger partial charge in [0.25, 0.3) is 15.9 Å². The highest BCUT2D eigenvalue weighted by atomic mass is 32.2. The van der Waals surface area contributed by atoms with Gasteiger partial charge >= 0.3 is 0 Å². The molecule has 3 N–H and O–H groups in total. The van der Waals surface area contributed by atoms with Crippen LogP contribution in [0.5, 0.6) is 0 Å². The average molecular weight is 375 g/mol. The van der Waals surface area contributed by atoms with Gasteiger partial charge in [0.05, 0.1) is 4.90 Å². The molecule has 2 aromatic rings. The zero-order valence-electron chi connectivity index (χ0n) is 15.3. The van der Waals surface area contributed by atoms with E-state index in [1.807, 2.05) is 26.0 Å². The lowest BCUT2D eigenvalue weighted by Gasteiger charge is -2.12. The van der Waals surface area contributed by atoms with Crippen LogP contribution in [0, 0.1) is 13.8 Å². The summed E-state index contributed by atoms with van der Waals surface area (Å²) in [4.78, 5) is 12.4. The Bertz CT molecular complexity index is 862. The largest absolute Gasteiger partial charge is 0.351 e. The fraction of sp³-hybridized carbons (Fsp3) is 0.316. The van der Waals surface area contributed by atoms with Gasteiger partial charge in [-0.25, -0.2) is 8.42 Å². The first-order chi connectivity index (χ1) is 12.3. The number of amides is 1. The van der Waals surface area contributed by atoms with Crippen LogP contribution in [0.4, 0.5) is 5.69 Å². The topological polar surface area (TPSA) is 87.3 Å². The molecule has 0 aromatic heterocycles. The van der Waals surface area contributed by atoms with Crippen molar-refractivity contribution in [3.8, 4) is 0 Å². The molecule has 0 unspecified atom stereocenters. The molecule has 0 heterocycles. The first kappa shape index (κ1) is 19.9. The number of benzene rings is 2. The van der Waals surface area contributed by atoms with Gasteiger partial charge in [-0.05, 0) is 50.2 Å². The number of rotatable bonds is 8. The third-order valence-electron chi connectivity index (χ3n) is 3.91. The van der Waals surface area contributed by atoms with Gasteiger partial charge in [-0.1, -0.05) is 30.7 Å². The summed E-state index contributed by atoms with van der Waals surface area (Å²) >= 11 is 0. The van der Waals surface area contributed by atoms with Crippen molar-refractivity contribution in [2.75, 3.05) is 24.4 Å². The van der Waals surface area contributed by atoms with Gasteiger partial charge in [0.15, 0.2) is 0 Å². The molecule has 26 heavy (non-hydrogen) atoms. The molecule has 0 saturated heterocycles. The van der Waals surface area contributed by atoms with Crippen molar-refractivity contribution >= 4 is 21.6 Å². The number of hydrogen-bond acceptors (Lipinski definition) is 4. The molecular formula is C19H25N3O3S. The highest BCUT2D eigenvalue weighted by molar-refractivity contribution is 7.92. The quantitative estimate of drug-likeness (QED) is 0.619. The van der Waals surface area contributed by atoms with Crippen LogP contribution in [0.3, 0.4) is 0 Å². The zero-order valence-corrected chi connectivity index (χ0v) is 16.1. The summed E-state index contributed by atoms with van der Waals surface area (Å²) in [5, 5.41) is 5.91. The average Bonchev–Trinajstić information content (AvgIpc) is 2.60. The summed E-state index contributed by atoms with van der Waals surface area (Å²) in [7, 11) is -3.77. The molecule has 1 amide bonds. The van der Waals surface area contributed by atoms with Gasteiger partial charge in [-0.15, -0.1) is 0 Å². The van der Waals surface area contributed by atoms with E-state index >= 15 is 0 Å². The second-order valence-corrected chi connectivity index (χ2v) is 7.74. The molecule has 0 bridgehead atoms. The molecule has 7 heteroatoms. The van der Waals surface area contributed by atoms with Gasteiger partial charge in [-0.3, -0.25) is 9.52 Å². The van der Waals surface area contributed by atoms with Crippen molar-refractivity contribution in [1.29, 1.82) is 0 Å². The standard InChI is InChI=1S/C19H25N3O3S/c1-4-20-11-12-21-19(23)18-13-17(10-7-15(18)3)26(24,25)22-16-8-5-14(2)6-9-16/h5-10,13,20,22H,4,11-12H2,1-3H3,(H,21,23). The summed E-state index contributed by atoms with van der Waals surface area (Å²) in [5.74, 6) is -0.284. The van der Waals surface area contributed by atoms with Crippen LogP contribution in [0.2, 0.25) is 0 Å². The van der Waals surface area contributed by atoms with E-state index in [0.717, 1.165) is 17.7 Å². The van der Waals surface area contributed by atoms with Gasteiger partial charge in [0.2, 0.25) is 0 Å². The lowest BCUT2D eigenvalue weighted by Crippen LogP contribution is -2.32. The third-order valence-corrected chi connectivity index (χ3v) is 5.28. The van der Waals surface area contributed by atoms with E-state index in [1.165, 1.54) is 12.1 Å². The smallest absolute Gasteiger partial charge is 0.261 e. The Kier molecular flexibility index (Phi) is 6.76. The van der Waals surface area contributed by atoms with E-state index in [4.69, 9.17) is 0 Å². The number of likely N-dealkylation sites (N-methyl/N-ethyl adjacent to an activating group) is 1. The molecule has 0 aliphatic rings. The van der Waals surface area contributed by atoms with Crippen molar-refractivity contribution < 1.29 is 13.2 Å². The summed E-state index contributed by atoms with van der Waals surface area (Å²) in [6.07, 6.45) is 0. The lowest BCUT2D eigenvalue weighted by molar-refractivity contribution is 0.0953. The molecule has 140 valence electrons. The van der Waals surface area contributed by atoms with Crippen LogP contribution in [-0.4, -0.2) is 34.0 Å². The molecule has 0 radical (unpaired) electrons. The fourth-order valence-corrected chi connectivity index (χ4v) is 3.47. The van der Waals surface area contributed by atoms with Crippen LogP contribution in [0.15, 0.2) is 47.4 Å². The first-order valence-electron chi connectivity index (χ1n) is 8.52. The minimum atomic E-state index is -3.77. The van der Waals surface area contributed by atoms with Crippen molar-refractivity contribution in [2.45, 2.75) is 25.7 Å². The zero-order chi connectivity index (χ0) is 19.2. The van der Waals surface area contributed by atoms with Crippen molar-refractivity contribution in [3.05, 3.63) is 59.2 Å². The number of anilines is 1. The molecule has 0 aliphatic heterocycles. The van der Waals surface area contributed by atoms with E-state index in [9.17, 15) is 13.2 Å². The van der Waals surface area contributed by atoms with Crippen LogP contribution in [0.1, 0.15) is 28.4 Å². The number of carbonyl (C=O) groups excluding carboxylic acids is 1. The number of nitrogens with one attached hydrogen (secondary N) is 3. The molecule has 0 fully saturated rings. The molecule has 0 spiro atoms. The molecule has 2 aromatic carbocycles. The predicted molar refractivity (Wildman–Crippen MR) is 104 cm³/mol. The summed E-state index contributed by atoms with van der Waals surface area (Å²) < 4.78 is 27.8. The molecular weight excluding hydrogens is 350 g/mol. The maximum atomic E-state index is 12.6. The van der Waals surface area contributed by atoms with Gasteiger partial charge < -0.3 is 10.6 Å². The number of sulfonamides is 1. The number of aryl methyl sites for hydroxylation is 2. The molecule has 0 atom stereocenters. The molecule has 2 rings (SSSR count). The van der Waals surface area contributed by atoms with E-state index < -0.39 is 10.0 Å². The molecule has 6 nitrogen and oxygen atoms in total. The Hall–Kier alpha value is -2.38. The van der Waals surface area contributed by atoms with E-state index in [1.54, 1.807) is 25.1 Å². The van der Waals surface area contributed by atoms with Crippen LogP contribution in [0.25, 0.3) is 0 Å². The van der Waals surface area contributed by atoms with Gasteiger partial charge in [0, 0.05) is 24.3 Å². The minimum Gasteiger partial charge on any atom is -0.351 e. The van der Waals surface area contributed by atoms with Crippen molar-refractivity contribution in [1.82, 2.24) is 10.6 Å². The Morgan fingerprint density at radius 1 is 1.00 bits per heavy atom. The summed E-state index contributed by atoms with van der Waals surface area (Å²) in [5.41, 5.74) is 2.60. The van der Waals surface area contributed by atoms with Crippen molar-refractivity contribution in [3.63, 3.8) is 0 Å². The van der Waals surface area contributed by atoms with Crippen LogP contribution < -0.4 is 15.4 Å². The molecule has 0 saturated carbocycles. The Morgan fingerprint density at radius 2 is 1.69 bits per heavy atom. The normalized spacial score (nSPS) is 11.2. The number of carbonyl (C=O) groups is 1. The third kappa shape index (κ3) is 5.31. The maximum Gasteiger partial charge on any atom is 0.261 e. The van der Waals surface area contributed by atoms with Crippen LogP contribution >= 0.6 is 0 Å². The monoisotopic (exact) mass is 375 g/mol. The highest BCUT2D eigenvalue weighted by Gasteiger charge is 2.18. The molecule has 0 aliphatic carbocycles. The Labute approximate surface area is 155 Å².